The van der Waals surface area contributed by atoms with E-state index < -0.39 is 5.91 Å². The van der Waals surface area contributed by atoms with Crippen LogP contribution in [0.15, 0.2) is 12.1 Å². The Labute approximate surface area is 154 Å². The number of piperidine rings is 1. The standard InChI is InChI=1S/C18H27ClN4O2/c1-11-7-12(2)9-23(8-11)18(3,4)10-21-17(25)14-6-5-13(16(20)24)15(19)22-14/h5-6,11-12H,7-10H2,1-4H3,(H2,20,24)(H,21,25)/t11-,12-/m1/s1. The lowest BCUT2D eigenvalue weighted by Gasteiger charge is -2.45. The van der Waals surface area contributed by atoms with E-state index in [9.17, 15) is 9.59 Å². The molecule has 1 aromatic rings. The topological polar surface area (TPSA) is 88.3 Å². The molecule has 25 heavy (non-hydrogen) atoms. The van der Waals surface area contributed by atoms with Crippen molar-refractivity contribution in [3.63, 3.8) is 0 Å². The van der Waals surface area contributed by atoms with Crippen LogP contribution in [0, 0.1) is 11.8 Å². The highest BCUT2D eigenvalue weighted by Crippen LogP contribution is 2.27. The summed E-state index contributed by atoms with van der Waals surface area (Å²) in [7, 11) is 0. The molecule has 2 heterocycles. The molecule has 0 unspecified atom stereocenters. The van der Waals surface area contributed by atoms with Crippen molar-refractivity contribution in [2.45, 2.75) is 39.7 Å². The summed E-state index contributed by atoms with van der Waals surface area (Å²) in [6.07, 6.45) is 1.24. The maximum Gasteiger partial charge on any atom is 0.270 e. The van der Waals surface area contributed by atoms with E-state index in [0.717, 1.165) is 13.1 Å². The first kappa shape index (κ1) is 19.7. The van der Waals surface area contributed by atoms with Crippen LogP contribution in [0.4, 0.5) is 0 Å². The maximum atomic E-state index is 12.4. The van der Waals surface area contributed by atoms with Crippen molar-refractivity contribution in [1.29, 1.82) is 0 Å². The number of aromatic nitrogens is 1. The summed E-state index contributed by atoms with van der Waals surface area (Å²) in [6.45, 7) is 11.4. The number of primary amides is 1. The van der Waals surface area contributed by atoms with Gasteiger partial charge >= 0.3 is 0 Å². The summed E-state index contributed by atoms with van der Waals surface area (Å²) in [4.78, 5) is 30.0. The molecule has 0 radical (unpaired) electrons. The molecule has 0 saturated carbocycles. The molecule has 2 atom stereocenters. The van der Waals surface area contributed by atoms with Crippen LogP contribution in [0.5, 0.6) is 0 Å². The Morgan fingerprint density at radius 2 is 1.92 bits per heavy atom. The molecular weight excluding hydrogens is 340 g/mol. The number of pyridine rings is 1. The molecule has 2 rings (SSSR count). The molecule has 0 aromatic carbocycles. The highest BCUT2D eigenvalue weighted by atomic mass is 35.5. The van der Waals surface area contributed by atoms with Gasteiger partial charge in [-0.3, -0.25) is 14.5 Å². The van der Waals surface area contributed by atoms with Gasteiger partial charge in [0.2, 0.25) is 0 Å². The minimum atomic E-state index is -0.668. The number of carbonyl (C=O) groups is 2. The third kappa shape index (κ3) is 4.92. The van der Waals surface area contributed by atoms with Crippen molar-refractivity contribution in [3.8, 4) is 0 Å². The number of carbonyl (C=O) groups excluding carboxylic acids is 2. The van der Waals surface area contributed by atoms with Crippen molar-refractivity contribution < 1.29 is 9.59 Å². The summed E-state index contributed by atoms with van der Waals surface area (Å²) >= 11 is 5.91. The van der Waals surface area contributed by atoms with E-state index in [-0.39, 0.29) is 27.9 Å². The zero-order valence-corrected chi connectivity index (χ0v) is 16.1. The predicted molar refractivity (Wildman–Crippen MR) is 98.7 cm³/mol. The van der Waals surface area contributed by atoms with Crippen LogP contribution in [0.25, 0.3) is 0 Å². The number of hydrogen-bond acceptors (Lipinski definition) is 4. The van der Waals surface area contributed by atoms with Gasteiger partial charge in [0.15, 0.2) is 0 Å². The van der Waals surface area contributed by atoms with Gasteiger partial charge in [-0.1, -0.05) is 25.4 Å². The summed E-state index contributed by atoms with van der Waals surface area (Å²) in [5, 5.41) is 2.87. The molecule has 138 valence electrons. The third-order valence-corrected chi connectivity index (χ3v) is 5.04. The van der Waals surface area contributed by atoms with Gasteiger partial charge in [0, 0.05) is 25.2 Å². The minimum Gasteiger partial charge on any atom is -0.366 e. The smallest absolute Gasteiger partial charge is 0.270 e. The first-order valence-corrected chi connectivity index (χ1v) is 8.97. The molecule has 1 saturated heterocycles. The second-order valence-corrected chi connectivity index (χ2v) is 8.10. The summed E-state index contributed by atoms with van der Waals surface area (Å²) < 4.78 is 0. The van der Waals surface area contributed by atoms with E-state index >= 15 is 0 Å². The van der Waals surface area contributed by atoms with Gasteiger partial charge in [0.25, 0.3) is 11.8 Å². The lowest BCUT2D eigenvalue weighted by molar-refractivity contribution is 0.0444. The van der Waals surface area contributed by atoms with Crippen LogP contribution in [0.2, 0.25) is 5.15 Å². The molecule has 0 spiro atoms. The Bertz CT molecular complexity index is 652. The zero-order chi connectivity index (χ0) is 18.8. The average molecular weight is 367 g/mol. The molecule has 1 aromatic heterocycles. The molecule has 2 amide bonds. The second-order valence-electron chi connectivity index (χ2n) is 7.75. The van der Waals surface area contributed by atoms with Gasteiger partial charge < -0.3 is 11.1 Å². The highest BCUT2D eigenvalue weighted by molar-refractivity contribution is 6.32. The average Bonchev–Trinajstić information content (AvgIpc) is 2.51. The van der Waals surface area contributed by atoms with Gasteiger partial charge in [0.1, 0.15) is 10.8 Å². The number of hydrogen-bond donors (Lipinski definition) is 2. The second kappa shape index (κ2) is 7.70. The van der Waals surface area contributed by atoms with E-state index in [1.54, 1.807) is 0 Å². The number of halogens is 1. The molecule has 1 aliphatic rings. The van der Waals surface area contributed by atoms with Crippen molar-refractivity contribution >= 4 is 23.4 Å². The molecule has 3 N–H and O–H groups in total. The number of nitrogens with zero attached hydrogens (tertiary/aromatic N) is 2. The van der Waals surface area contributed by atoms with Crippen LogP contribution in [-0.2, 0) is 0 Å². The Balaban J connectivity index is 2.01. The first-order valence-electron chi connectivity index (χ1n) is 8.59. The molecule has 1 aliphatic heterocycles. The number of likely N-dealkylation sites (tertiary alicyclic amines) is 1. The van der Waals surface area contributed by atoms with Crippen LogP contribution in [0.1, 0.15) is 55.0 Å². The fourth-order valence-electron chi connectivity index (χ4n) is 3.40. The van der Waals surface area contributed by atoms with Crippen LogP contribution in [0.3, 0.4) is 0 Å². The largest absolute Gasteiger partial charge is 0.366 e. The van der Waals surface area contributed by atoms with E-state index in [2.05, 4.69) is 42.9 Å². The predicted octanol–water partition coefficient (Wildman–Crippen LogP) is 2.32. The monoisotopic (exact) mass is 366 g/mol. The Morgan fingerprint density at radius 3 is 2.44 bits per heavy atom. The Hall–Kier alpha value is -1.66. The molecule has 1 fully saturated rings. The number of amides is 2. The third-order valence-electron chi connectivity index (χ3n) is 4.75. The van der Waals surface area contributed by atoms with Gasteiger partial charge in [-0.05, 0) is 44.2 Å². The molecule has 7 heteroatoms. The van der Waals surface area contributed by atoms with Crippen molar-refractivity contribution in [3.05, 3.63) is 28.5 Å². The van der Waals surface area contributed by atoms with E-state index in [4.69, 9.17) is 17.3 Å². The summed E-state index contributed by atoms with van der Waals surface area (Å²) in [6, 6.07) is 2.88. The minimum absolute atomic E-state index is 0.0573. The molecule has 0 aliphatic carbocycles. The fourth-order valence-corrected chi connectivity index (χ4v) is 3.65. The number of rotatable bonds is 5. The summed E-state index contributed by atoms with van der Waals surface area (Å²) in [5.41, 5.74) is 5.31. The van der Waals surface area contributed by atoms with Gasteiger partial charge in [-0.25, -0.2) is 4.98 Å². The molecule has 6 nitrogen and oxygen atoms in total. The normalized spacial score (nSPS) is 21.8. The maximum absolute atomic E-state index is 12.4. The quantitative estimate of drug-likeness (QED) is 0.783. The SMILES string of the molecule is C[C@@H]1C[C@@H](C)CN(C(C)(C)CNC(=O)c2ccc(C(N)=O)c(Cl)n2)C1. The van der Waals surface area contributed by atoms with Crippen molar-refractivity contribution in [1.82, 2.24) is 15.2 Å². The van der Waals surface area contributed by atoms with E-state index in [1.165, 1.54) is 18.6 Å². The van der Waals surface area contributed by atoms with Gasteiger partial charge in [-0.15, -0.1) is 0 Å². The fraction of sp³-hybridized carbons (Fsp3) is 0.611. The van der Waals surface area contributed by atoms with Crippen LogP contribution in [-0.4, -0.2) is 46.9 Å². The van der Waals surface area contributed by atoms with Crippen molar-refractivity contribution in [2.75, 3.05) is 19.6 Å². The Kier molecular flexibility index (Phi) is 6.06. The van der Waals surface area contributed by atoms with Crippen LogP contribution >= 0.6 is 11.6 Å². The highest BCUT2D eigenvalue weighted by Gasteiger charge is 2.33. The number of nitrogens with one attached hydrogen (secondary N) is 1. The Morgan fingerprint density at radius 1 is 1.32 bits per heavy atom. The lowest BCUT2D eigenvalue weighted by Crippen LogP contribution is -2.56. The molecule has 0 bridgehead atoms. The van der Waals surface area contributed by atoms with Gasteiger partial charge in [0.05, 0.1) is 5.56 Å². The van der Waals surface area contributed by atoms with Crippen LogP contribution < -0.4 is 11.1 Å². The first-order chi connectivity index (χ1) is 11.6. The van der Waals surface area contributed by atoms with Crippen molar-refractivity contribution in [2.24, 2.45) is 17.6 Å². The zero-order valence-electron chi connectivity index (χ0n) is 15.3. The number of nitrogens with two attached hydrogens (primary N) is 1. The lowest BCUT2D eigenvalue weighted by atomic mass is 9.88. The summed E-state index contributed by atoms with van der Waals surface area (Å²) in [5.74, 6) is 0.323. The van der Waals surface area contributed by atoms with Gasteiger partial charge in [-0.2, -0.15) is 0 Å². The van der Waals surface area contributed by atoms with E-state index in [0.29, 0.717) is 18.4 Å². The molecular formula is C18H27ClN4O2. The van der Waals surface area contributed by atoms with E-state index in [1.807, 2.05) is 0 Å².